The Hall–Kier alpha value is -3.75. The summed E-state index contributed by atoms with van der Waals surface area (Å²) in [6.45, 7) is 2.40. The van der Waals surface area contributed by atoms with E-state index in [1.807, 2.05) is 19.1 Å². The minimum Gasteiger partial charge on any atom is -0.464 e. The monoisotopic (exact) mass is 363 g/mol. The number of furan rings is 1. The first-order chi connectivity index (χ1) is 13.2. The van der Waals surface area contributed by atoms with Crippen LogP contribution in [0.4, 0.5) is 5.82 Å². The van der Waals surface area contributed by atoms with Gasteiger partial charge in [-0.25, -0.2) is 4.68 Å². The predicted molar refractivity (Wildman–Crippen MR) is 96.7 cm³/mol. The summed E-state index contributed by atoms with van der Waals surface area (Å²) in [4.78, 5) is 20.6. The summed E-state index contributed by atoms with van der Waals surface area (Å²) < 4.78 is 8.78. The average molecular weight is 363 g/mol. The van der Waals surface area contributed by atoms with E-state index in [-0.39, 0.29) is 12.5 Å². The van der Waals surface area contributed by atoms with Crippen LogP contribution in [0.5, 0.6) is 0 Å². The summed E-state index contributed by atoms with van der Waals surface area (Å²) in [7, 11) is 0. The predicted octanol–water partition coefficient (Wildman–Crippen LogP) is 2.13. The van der Waals surface area contributed by atoms with Gasteiger partial charge in [0.15, 0.2) is 0 Å². The van der Waals surface area contributed by atoms with Crippen LogP contribution in [0.2, 0.25) is 0 Å². The van der Waals surface area contributed by atoms with Gasteiger partial charge >= 0.3 is 0 Å². The van der Waals surface area contributed by atoms with Gasteiger partial charge in [-0.2, -0.15) is 10.2 Å². The van der Waals surface area contributed by atoms with Crippen molar-refractivity contribution in [3.05, 3.63) is 66.9 Å². The zero-order valence-electron chi connectivity index (χ0n) is 14.6. The summed E-state index contributed by atoms with van der Waals surface area (Å²) >= 11 is 0. The topological polar surface area (TPSA) is 104 Å². The first-order valence-corrected chi connectivity index (χ1v) is 8.33. The molecule has 4 aromatic rings. The first-order valence-electron chi connectivity index (χ1n) is 8.33. The minimum atomic E-state index is -0.207. The van der Waals surface area contributed by atoms with Gasteiger partial charge in [-0.3, -0.25) is 19.4 Å². The number of aryl methyl sites for hydroxylation is 1. The fourth-order valence-corrected chi connectivity index (χ4v) is 2.64. The molecule has 4 rings (SSSR count). The summed E-state index contributed by atoms with van der Waals surface area (Å²) in [5, 5.41) is 11.3. The molecule has 9 heteroatoms. The maximum atomic E-state index is 12.4. The normalized spacial score (nSPS) is 10.9. The van der Waals surface area contributed by atoms with Gasteiger partial charge in [-0.05, 0) is 19.1 Å². The standard InChI is InChI=1S/C18H17N7O2/c1-13-2-3-15(27-13)11-25-17(4-5-21-25)23-18(26)12-24-10-14(8-22-24)16-9-19-6-7-20-16/h2-10H,11-12H2,1H3,(H,23,26). The molecule has 9 nitrogen and oxygen atoms in total. The molecule has 1 amide bonds. The van der Waals surface area contributed by atoms with Crippen molar-refractivity contribution in [3.63, 3.8) is 0 Å². The molecule has 0 bridgehead atoms. The molecule has 0 aliphatic heterocycles. The third kappa shape index (κ3) is 3.92. The van der Waals surface area contributed by atoms with Crippen LogP contribution in [0.1, 0.15) is 11.5 Å². The molecule has 0 saturated carbocycles. The lowest BCUT2D eigenvalue weighted by atomic mass is 10.3. The van der Waals surface area contributed by atoms with Gasteiger partial charge in [0.1, 0.15) is 30.4 Å². The minimum absolute atomic E-state index is 0.0747. The second kappa shape index (κ2) is 7.24. The SMILES string of the molecule is Cc1ccc(Cn2nccc2NC(=O)Cn2cc(-c3cnccn3)cn2)o1. The molecule has 0 aliphatic carbocycles. The summed E-state index contributed by atoms with van der Waals surface area (Å²) in [5.74, 6) is 1.99. The third-order valence-electron chi connectivity index (χ3n) is 3.88. The van der Waals surface area contributed by atoms with E-state index in [4.69, 9.17) is 4.42 Å². The van der Waals surface area contributed by atoms with Crippen LogP contribution in [0.3, 0.4) is 0 Å². The lowest BCUT2D eigenvalue weighted by molar-refractivity contribution is -0.116. The molecule has 4 heterocycles. The number of carbonyl (C=O) groups is 1. The zero-order valence-corrected chi connectivity index (χ0v) is 14.6. The quantitative estimate of drug-likeness (QED) is 0.563. The van der Waals surface area contributed by atoms with Crippen molar-refractivity contribution in [2.75, 3.05) is 5.32 Å². The van der Waals surface area contributed by atoms with Crippen LogP contribution in [0.25, 0.3) is 11.3 Å². The Morgan fingerprint density at radius 2 is 2.07 bits per heavy atom. The molecule has 136 valence electrons. The number of anilines is 1. The van der Waals surface area contributed by atoms with E-state index in [2.05, 4.69) is 25.5 Å². The van der Waals surface area contributed by atoms with Crippen LogP contribution < -0.4 is 5.32 Å². The van der Waals surface area contributed by atoms with Gasteiger partial charge in [0.05, 0.1) is 24.3 Å². The van der Waals surface area contributed by atoms with E-state index in [0.717, 1.165) is 17.1 Å². The molecule has 0 saturated heterocycles. The number of amides is 1. The van der Waals surface area contributed by atoms with Gasteiger partial charge in [-0.15, -0.1) is 0 Å². The van der Waals surface area contributed by atoms with Crippen molar-refractivity contribution in [1.29, 1.82) is 0 Å². The number of carbonyl (C=O) groups excluding carboxylic acids is 1. The highest BCUT2D eigenvalue weighted by atomic mass is 16.3. The second-order valence-electron chi connectivity index (χ2n) is 5.95. The van der Waals surface area contributed by atoms with Crippen LogP contribution in [-0.2, 0) is 17.9 Å². The largest absolute Gasteiger partial charge is 0.464 e. The van der Waals surface area contributed by atoms with Gasteiger partial charge in [0, 0.05) is 30.2 Å². The number of rotatable bonds is 6. The van der Waals surface area contributed by atoms with Crippen molar-refractivity contribution in [2.45, 2.75) is 20.0 Å². The smallest absolute Gasteiger partial charge is 0.247 e. The molecule has 0 aromatic carbocycles. The van der Waals surface area contributed by atoms with Gasteiger partial charge < -0.3 is 9.73 Å². The Bertz CT molecular complexity index is 1050. The number of hydrogen-bond donors (Lipinski definition) is 1. The van der Waals surface area contributed by atoms with E-state index >= 15 is 0 Å². The highest BCUT2D eigenvalue weighted by molar-refractivity contribution is 5.89. The average Bonchev–Trinajstić information content (AvgIpc) is 3.39. The maximum absolute atomic E-state index is 12.4. The van der Waals surface area contributed by atoms with Gasteiger partial charge in [0.25, 0.3) is 0 Å². The van der Waals surface area contributed by atoms with Crippen LogP contribution in [0, 0.1) is 6.92 Å². The molecule has 0 radical (unpaired) electrons. The number of nitrogens with zero attached hydrogens (tertiary/aromatic N) is 6. The lowest BCUT2D eigenvalue weighted by Crippen LogP contribution is -2.21. The van der Waals surface area contributed by atoms with Crippen LogP contribution in [0.15, 0.2) is 59.8 Å². The first kappa shape index (κ1) is 16.7. The van der Waals surface area contributed by atoms with Gasteiger partial charge in [-0.1, -0.05) is 0 Å². The van der Waals surface area contributed by atoms with Crippen molar-refractivity contribution in [3.8, 4) is 11.3 Å². The Balaban J connectivity index is 1.40. The highest BCUT2D eigenvalue weighted by Gasteiger charge is 2.11. The number of aromatic nitrogens is 6. The molecule has 27 heavy (non-hydrogen) atoms. The van der Waals surface area contributed by atoms with E-state index < -0.39 is 0 Å². The summed E-state index contributed by atoms with van der Waals surface area (Å²) in [6.07, 6.45) is 9.91. The summed E-state index contributed by atoms with van der Waals surface area (Å²) in [5.41, 5.74) is 1.50. The molecule has 1 N–H and O–H groups in total. The Kier molecular flexibility index (Phi) is 4.48. The van der Waals surface area contributed by atoms with Crippen molar-refractivity contribution < 1.29 is 9.21 Å². The Morgan fingerprint density at radius 1 is 1.15 bits per heavy atom. The third-order valence-corrected chi connectivity index (χ3v) is 3.88. The lowest BCUT2D eigenvalue weighted by Gasteiger charge is -2.08. The molecule has 0 fully saturated rings. The van der Waals surface area contributed by atoms with Crippen LogP contribution in [-0.4, -0.2) is 35.4 Å². The number of hydrogen-bond acceptors (Lipinski definition) is 6. The molecule has 4 aromatic heterocycles. The summed E-state index contributed by atoms with van der Waals surface area (Å²) in [6, 6.07) is 5.52. The van der Waals surface area contributed by atoms with Crippen LogP contribution >= 0.6 is 0 Å². The van der Waals surface area contributed by atoms with E-state index in [0.29, 0.717) is 18.1 Å². The van der Waals surface area contributed by atoms with Crippen molar-refractivity contribution in [1.82, 2.24) is 29.5 Å². The van der Waals surface area contributed by atoms with Gasteiger partial charge in [0.2, 0.25) is 5.91 Å². The van der Waals surface area contributed by atoms with E-state index in [9.17, 15) is 4.79 Å². The maximum Gasteiger partial charge on any atom is 0.247 e. The molecular weight excluding hydrogens is 346 g/mol. The Morgan fingerprint density at radius 3 is 2.85 bits per heavy atom. The van der Waals surface area contributed by atoms with E-state index in [1.165, 1.54) is 0 Å². The fraction of sp³-hybridized carbons (Fsp3) is 0.167. The molecule has 0 atom stereocenters. The highest BCUT2D eigenvalue weighted by Crippen LogP contribution is 2.15. The van der Waals surface area contributed by atoms with Crippen molar-refractivity contribution >= 4 is 11.7 Å². The van der Waals surface area contributed by atoms with Crippen molar-refractivity contribution in [2.24, 2.45) is 0 Å². The fourth-order valence-electron chi connectivity index (χ4n) is 2.64. The Labute approximate surface area is 154 Å². The number of nitrogens with one attached hydrogen (secondary N) is 1. The second-order valence-corrected chi connectivity index (χ2v) is 5.95. The molecule has 0 unspecified atom stereocenters. The molecular formula is C18H17N7O2. The molecule has 0 spiro atoms. The molecule has 0 aliphatic rings. The van der Waals surface area contributed by atoms with E-state index in [1.54, 1.807) is 52.6 Å². The zero-order chi connectivity index (χ0) is 18.6.